The zero-order chi connectivity index (χ0) is 15.2. The normalized spacial score (nSPS) is 17.7. The van der Waals surface area contributed by atoms with E-state index in [-0.39, 0.29) is 0 Å². The molecule has 0 aliphatic carbocycles. The lowest BCUT2D eigenvalue weighted by molar-refractivity contribution is 0.223. The van der Waals surface area contributed by atoms with E-state index in [0.29, 0.717) is 11.9 Å². The van der Waals surface area contributed by atoms with Crippen molar-refractivity contribution < 1.29 is 0 Å². The van der Waals surface area contributed by atoms with Crippen molar-refractivity contribution >= 4 is 11.6 Å². The molecule has 1 atom stereocenters. The van der Waals surface area contributed by atoms with Crippen molar-refractivity contribution in [2.75, 3.05) is 30.7 Å². The molecule has 5 nitrogen and oxygen atoms in total. The number of nitrogen functional groups attached to an aromatic ring is 1. The van der Waals surface area contributed by atoms with Gasteiger partial charge >= 0.3 is 0 Å². The molecule has 1 aromatic heterocycles. The number of rotatable bonds is 6. The van der Waals surface area contributed by atoms with Gasteiger partial charge in [0.15, 0.2) is 0 Å². The highest BCUT2D eigenvalue weighted by molar-refractivity contribution is 5.55. The van der Waals surface area contributed by atoms with Gasteiger partial charge in [-0.15, -0.1) is 0 Å². The Bertz CT molecular complexity index is 454. The van der Waals surface area contributed by atoms with Crippen LogP contribution in [0.3, 0.4) is 0 Å². The molecule has 0 saturated carbocycles. The molecule has 0 bridgehead atoms. The molecule has 21 heavy (non-hydrogen) atoms. The summed E-state index contributed by atoms with van der Waals surface area (Å²) in [4.78, 5) is 11.5. The van der Waals surface area contributed by atoms with Gasteiger partial charge in [-0.2, -0.15) is 0 Å². The van der Waals surface area contributed by atoms with Gasteiger partial charge < -0.3 is 16.0 Å². The minimum Gasteiger partial charge on any atom is -0.383 e. The van der Waals surface area contributed by atoms with Gasteiger partial charge in [-0.25, -0.2) is 9.97 Å². The van der Waals surface area contributed by atoms with E-state index in [1.165, 1.54) is 32.4 Å². The molecule has 1 unspecified atom stereocenters. The highest BCUT2D eigenvalue weighted by atomic mass is 15.2. The third-order valence-corrected chi connectivity index (χ3v) is 4.07. The van der Waals surface area contributed by atoms with Gasteiger partial charge in [0.2, 0.25) is 0 Å². The molecule has 118 valence electrons. The van der Waals surface area contributed by atoms with Crippen LogP contribution in [0.4, 0.5) is 11.6 Å². The maximum Gasteiger partial charge on any atom is 0.135 e. The monoisotopic (exact) mass is 291 g/mol. The number of likely N-dealkylation sites (tertiary alicyclic amines) is 1. The second-order valence-corrected chi connectivity index (χ2v) is 6.16. The van der Waals surface area contributed by atoms with Crippen LogP contribution < -0.4 is 11.1 Å². The fraction of sp³-hybridized carbons (Fsp3) is 0.750. The summed E-state index contributed by atoms with van der Waals surface area (Å²) >= 11 is 0. The molecule has 2 rings (SSSR count). The minimum atomic E-state index is 0.366. The van der Waals surface area contributed by atoms with E-state index in [4.69, 9.17) is 5.73 Å². The summed E-state index contributed by atoms with van der Waals surface area (Å²) in [6.07, 6.45) is 5.94. The first-order valence-corrected chi connectivity index (χ1v) is 8.22. The topological polar surface area (TPSA) is 67.1 Å². The van der Waals surface area contributed by atoms with Crippen molar-refractivity contribution in [3.05, 3.63) is 11.4 Å². The van der Waals surface area contributed by atoms with Gasteiger partial charge in [0, 0.05) is 24.6 Å². The third kappa shape index (κ3) is 4.56. The summed E-state index contributed by atoms with van der Waals surface area (Å²) in [5.74, 6) is 2.34. The number of nitrogens with one attached hydrogen (secondary N) is 1. The van der Waals surface area contributed by atoms with E-state index >= 15 is 0 Å². The molecule has 2 heterocycles. The standard InChI is InChI=1S/C16H29N5/c1-4-8-14-19-15(17)13(3)16(20-14)18-12(2)11-21-9-6-5-7-10-21/h12H,4-11H2,1-3H3,(H3,17,18,19,20). The zero-order valence-electron chi connectivity index (χ0n) is 13.7. The van der Waals surface area contributed by atoms with Crippen molar-refractivity contribution in [1.29, 1.82) is 0 Å². The second-order valence-electron chi connectivity index (χ2n) is 6.16. The third-order valence-electron chi connectivity index (χ3n) is 4.07. The molecule has 0 spiro atoms. The van der Waals surface area contributed by atoms with E-state index in [9.17, 15) is 0 Å². The lowest BCUT2D eigenvalue weighted by atomic mass is 10.1. The zero-order valence-corrected chi connectivity index (χ0v) is 13.7. The first-order chi connectivity index (χ1) is 10.1. The predicted octanol–water partition coefficient (Wildman–Crippen LogP) is 2.61. The summed E-state index contributed by atoms with van der Waals surface area (Å²) in [7, 11) is 0. The van der Waals surface area contributed by atoms with Gasteiger partial charge in [0.05, 0.1) is 0 Å². The average molecular weight is 291 g/mol. The Balaban J connectivity index is 2.00. The number of aromatic nitrogens is 2. The van der Waals surface area contributed by atoms with Crippen molar-refractivity contribution in [3.63, 3.8) is 0 Å². The van der Waals surface area contributed by atoms with Crippen LogP contribution in [-0.4, -0.2) is 40.5 Å². The molecule has 1 fully saturated rings. The lowest BCUT2D eigenvalue weighted by Crippen LogP contribution is -2.38. The lowest BCUT2D eigenvalue weighted by Gasteiger charge is -2.29. The molecule has 5 heteroatoms. The number of hydrogen-bond donors (Lipinski definition) is 2. The van der Waals surface area contributed by atoms with Gasteiger partial charge in [-0.3, -0.25) is 0 Å². The Hall–Kier alpha value is -1.36. The van der Waals surface area contributed by atoms with Gasteiger partial charge in [0.1, 0.15) is 17.5 Å². The minimum absolute atomic E-state index is 0.366. The second kappa shape index (κ2) is 7.59. The Morgan fingerprint density at radius 3 is 2.62 bits per heavy atom. The highest BCUT2D eigenvalue weighted by Crippen LogP contribution is 2.19. The number of nitrogens with zero attached hydrogens (tertiary/aromatic N) is 3. The van der Waals surface area contributed by atoms with Crippen molar-refractivity contribution in [2.45, 2.75) is 58.9 Å². The number of piperidine rings is 1. The van der Waals surface area contributed by atoms with Crippen LogP contribution in [0.5, 0.6) is 0 Å². The van der Waals surface area contributed by atoms with Crippen LogP contribution in [0.1, 0.15) is 50.9 Å². The summed E-state index contributed by atoms with van der Waals surface area (Å²) < 4.78 is 0. The highest BCUT2D eigenvalue weighted by Gasteiger charge is 2.15. The maximum atomic E-state index is 6.01. The van der Waals surface area contributed by atoms with E-state index in [1.807, 2.05) is 6.92 Å². The molecule has 1 aromatic rings. The van der Waals surface area contributed by atoms with Crippen LogP contribution in [0.25, 0.3) is 0 Å². The van der Waals surface area contributed by atoms with Crippen molar-refractivity contribution in [2.24, 2.45) is 0 Å². The fourth-order valence-electron chi connectivity index (χ4n) is 2.87. The van der Waals surface area contributed by atoms with E-state index in [0.717, 1.165) is 36.6 Å². The Kier molecular flexibility index (Phi) is 5.79. The Labute approximate surface area is 128 Å². The van der Waals surface area contributed by atoms with E-state index < -0.39 is 0 Å². The summed E-state index contributed by atoms with van der Waals surface area (Å²) in [6, 6.07) is 0.366. The Morgan fingerprint density at radius 1 is 1.24 bits per heavy atom. The van der Waals surface area contributed by atoms with E-state index in [2.05, 4.69) is 34.0 Å². The quantitative estimate of drug-likeness (QED) is 0.843. The Morgan fingerprint density at radius 2 is 1.95 bits per heavy atom. The molecule has 0 aromatic carbocycles. The SMILES string of the molecule is CCCc1nc(N)c(C)c(NC(C)CN2CCCCC2)n1. The molecule has 1 aliphatic rings. The summed E-state index contributed by atoms with van der Waals surface area (Å²) in [5.41, 5.74) is 6.97. The van der Waals surface area contributed by atoms with Gasteiger partial charge in [-0.1, -0.05) is 13.3 Å². The van der Waals surface area contributed by atoms with Crippen molar-refractivity contribution in [3.8, 4) is 0 Å². The number of nitrogens with two attached hydrogens (primary N) is 1. The molecule has 3 N–H and O–H groups in total. The van der Waals surface area contributed by atoms with E-state index in [1.54, 1.807) is 0 Å². The molecule has 0 amide bonds. The molecular weight excluding hydrogens is 262 g/mol. The van der Waals surface area contributed by atoms with Crippen LogP contribution in [0, 0.1) is 6.92 Å². The van der Waals surface area contributed by atoms with Gasteiger partial charge in [0.25, 0.3) is 0 Å². The average Bonchev–Trinajstić information content (AvgIpc) is 2.45. The van der Waals surface area contributed by atoms with Gasteiger partial charge in [-0.05, 0) is 46.2 Å². The molecule has 0 radical (unpaired) electrons. The predicted molar refractivity (Wildman–Crippen MR) is 88.6 cm³/mol. The molecular formula is C16H29N5. The van der Waals surface area contributed by atoms with Crippen LogP contribution in [0.15, 0.2) is 0 Å². The first-order valence-electron chi connectivity index (χ1n) is 8.22. The van der Waals surface area contributed by atoms with Crippen LogP contribution >= 0.6 is 0 Å². The maximum absolute atomic E-state index is 6.01. The first kappa shape index (κ1) is 16.0. The van der Waals surface area contributed by atoms with Crippen LogP contribution in [-0.2, 0) is 6.42 Å². The number of hydrogen-bond acceptors (Lipinski definition) is 5. The largest absolute Gasteiger partial charge is 0.383 e. The van der Waals surface area contributed by atoms with Crippen molar-refractivity contribution in [1.82, 2.24) is 14.9 Å². The van der Waals surface area contributed by atoms with Crippen LogP contribution in [0.2, 0.25) is 0 Å². The molecule has 1 saturated heterocycles. The number of anilines is 2. The summed E-state index contributed by atoms with van der Waals surface area (Å²) in [6.45, 7) is 9.83. The molecule has 1 aliphatic heterocycles. The number of aryl methyl sites for hydroxylation is 1. The smallest absolute Gasteiger partial charge is 0.135 e. The summed E-state index contributed by atoms with van der Waals surface area (Å²) in [5, 5.41) is 3.52. The fourth-order valence-corrected chi connectivity index (χ4v) is 2.87.